The van der Waals surface area contributed by atoms with Gasteiger partial charge in [-0.2, -0.15) is 0 Å². The second-order valence-corrected chi connectivity index (χ2v) is 5.29. The Morgan fingerprint density at radius 2 is 2.20 bits per heavy atom. The van der Waals surface area contributed by atoms with Crippen LogP contribution in [0.1, 0.15) is 28.9 Å². The number of hydrogen-bond acceptors (Lipinski definition) is 3. The Morgan fingerprint density at radius 1 is 1.40 bits per heavy atom. The van der Waals surface area contributed by atoms with Crippen LogP contribution >= 0.6 is 24.8 Å². The van der Waals surface area contributed by atoms with Crippen LogP contribution in [-0.2, 0) is 0 Å². The van der Waals surface area contributed by atoms with E-state index in [0.717, 1.165) is 37.3 Å². The van der Waals surface area contributed by atoms with Crippen molar-refractivity contribution in [1.29, 1.82) is 0 Å². The van der Waals surface area contributed by atoms with Crippen molar-refractivity contribution < 1.29 is 4.79 Å². The largest absolute Gasteiger partial charge is 0.338 e. The van der Waals surface area contributed by atoms with Gasteiger partial charge in [0.2, 0.25) is 0 Å². The van der Waals surface area contributed by atoms with Crippen LogP contribution in [0.4, 0.5) is 0 Å². The minimum absolute atomic E-state index is 0. The lowest BCUT2D eigenvalue weighted by Gasteiger charge is -2.35. The first-order valence-electron chi connectivity index (χ1n) is 6.70. The summed E-state index contributed by atoms with van der Waals surface area (Å²) < 4.78 is 0. The summed E-state index contributed by atoms with van der Waals surface area (Å²) in [5.41, 5.74) is 1.58. The van der Waals surface area contributed by atoms with Gasteiger partial charge in [-0.25, -0.2) is 0 Å². The maximum Gasteiger partial charge on any atom is 0.255 e. The van der Waals surface area contributed by atoms with Crippen LogP contribution in [0.2, 0.25) is 0 Å². The highest BCUT2D eigenvalue weighted by atomic mass is 35.5. The van der Waals surface area contributed by atoms with Crippen LogP contribution in [0.25, 0.3) is 0 Å². The zero-order chi connectivity index (χ0) is 12.5. The predicted octanol–water partition coefficient (Wildman–Crippen LogP) is 2.06. The van der Waals surface area contributed by atoms with Crippen LogP contribution in [0, 0.1) is 12.8 Å². The molecule has 0 aliphatic carbocycles. The molecule has 2 aliphatic rings. The summed E-state index contributed by atoms with van der Waals surface area (Å²) in [5, 5.41) is 3.52. The summed E-state index contributed by atoms with van der Waals surface area (Å²) in [5.74, 6) is 0.783. The van der Waals surface area contributed by atoms with Gasteiger partial charge < -0.3 is 10.2 Å². The molecule has 1 aromatic heterocycles. The molecule has 20 heavy (non-hydrogen) atoms. The number of amides is 1. The van der Waals surface area contributed by atoms with Gasteiger partial charge >= 0.3 is 0 Å². The molecule has 6 heteroatoms. The Hall–Kier alpha value is -0.840. The molecule has 2 atom stereocenters. The number of carbonyl (C=O) groups excluding carboxylic acids is 1. The fourth-order valence-corrected chi connectivity index (χ4v) is 3.11. The maximum absolute atomic E-state index is 12.5. The van der Waals surface area contributed by atoms with Crippen molar-refractivity contribution in [1.82, 2.24) is 15.2 Å². The van der Waals surface area contributed by atoms with Gasteiger partial charge in [-0.1, -0.05) is 0 Å². The third-order valence-corrected chi connectivity index (χ3v) is 4.18. The van der Waals surface area contributed by atoms with Gasteiger partial charge in [-0.05, 0) is 44.4 Å². The van der Waals surface area contributed by atoms with Crippen molar-refractivity contribution in [2.45, 2.75) is 25.8 Å². The Balaban J connectivity index is 0.000001000. The molecule has 1 aromatic rings. The van der Waals surface area contributed by atoms with Gasteiger partial charge in [0.05, 0.1) is 5.56 Å². The standard InChI is InChI=1S/C14H19N3O.2ClH/c1-10-12(3-2-6-15-10)14(18)17-8-5-13-11(9-17)4-7-16-13;;/h2-3,6,11,13,16H,4-5,7-9H2,1H3;2*1H. The Kier molecular flexibility index (Phi) is 6.24. The number of halogens is 2. The number of pyridine rings is 1. The molecule has 1 N–H and O–H groups in total. The van der Waals surface area contributed by atoms with E-state index in [1.54, 1.807) is 6.20 Å². The minimum Gasteiger partial charge on any atom is -0.338 e. The molecule has 0 aromatic carbocycles. The summed E-state index contributed by atoms with van der Waals surface area (Å²) >= 11 is 0. The minimum atomic E-state index is 0. The van der Waals surface area contributed by atoms with Crippen molar-refractivity contribution in [3.63, 3.8) is 0 Å². The molecule has 2 saturated heterocycles. The van der Waals surface area contributed by atoms with Crippen LogP contribution in [0.3, 0.4) is 0 Å². The van der Waals surface area contributed by atoms with E-state index in [1.165, 1.54) is 6.42 Å². The second-order valence-electron chi connectivity index (χ2n) is 5.29. The smallest absolute Gasteiger partial charge is 0.255 e. The molecule has 0 radical (unpaired) electrons. The number of hydrogen-bond donors (Lipinski definition) is 1. The highest BCUT2D eigenvalue weighted by Crippen LogP contribution is 2.25. The first-order chi connectivity index (χ1) is 8.75. The van der Waals surface area contributed by atoms with E-state index in [1.807, 2.05) is 24.0 Å². The van der Waals surface area contributed by atoms with E-state index >= 15 is 0 Å². The van der Waals surface area contributed by atoms with Gasteiger partial charge in [0.1, 0.15) is 0 Å². The van der Waals surface area contributed by atoms with Gasteiger partial charge in [0.25, 0.3) is 5.91 Å². The number of aromatic nitrogens is 1. The predicted molar refractivity (Wildman–Crippen MR) is 83.9 cm³/mol. The molecule has 112 valence electrons. The zero-order valence-electron chi connectivity index (χ0n) is 11.5. The fourth-order valence-electron chi connectivity index (χ4n) is 3.11. The summed E-state index contributed by atoms with van der Waals surface area (Å²) in [6.07, 6.45) is 4.01. The van der Waals surface area contributed by atoms with Gasteiger partial charge in [0.15, 0.2) is 0 Å². The van der Waals surface area contributed by atoms with Crippen LogP contribution < -0.4 is 5.32 Å². The summed E-state index contributed by atoms with van der Waals surface area (Å²) in [4.78, 5) is 18.7. The molecule has 3 heterocycles. The average Bonchev–Trinajstić information content (AvgIpc) is 2.85. The molecule has 2 aliphatic heterocycles. The molecule has 4 nitrogen and oxygen atoms in total. The summed E-state index contributed by atoms with van der Waals surface area (Å²) in [6.45, 7) is 4.76. The molecule has 3 rings (SSSR count). The van der Waals surface area contributed by atoms with Crippen molar-refractivity contribution in [2.24, 2.45) is 5.92 Å². The number of carbonyl (C=O) groups is 1. The van der Waals surface area contributed by atoms with Crippen molar-refractivity contribution in [2.75, 3.05) is 19.6 Å². The lowest BCUT2D eigenvalue weighted by Crippen LogP contribution is -2.47. The van der Waals surface area contributed by atoms with Crippen LogP contribution in [-0.4, -0.2) is 41.5 Å². The number of nitrogens with zero attached hydrogens (tertiary/aromatic N) is 2. The highest BCUT2D eigenvalue weighted by Gasteiger charge is 2.34. The quantitative estimate of drug-likeness (QED) is 0.862. The zero-order valence-corrected chi connectivity index (χ0v) is 13.2. The number of fused-ring (bicyclic) bond motifs is 1. The van der Waals surface area contributed by atoms with E-state index in [9.17, 15) is 4.79 Å². The first kappa shape index (κ1) is 17.2. The number of nitrogens with one attached hydrogen (secondary N) is 1. The lowest BCUT2D eigenvalue weighted by atomic mass is 9.93. The molecule has 2 fully saturated rings. The number of piperidine rings is 1. The molecular weight excluding hydrogens is 297 g/mol. The lowest BCUT2D eigenvalue weighted by molar-refractivity contribution is 0.0661. The number of rotatable bonds is 1. The molecular formula is C14H21Cl2N3O. The Morgan fingerprint density at radius 3 is 2.95 bits per heavy atom. The molecule has 2 unspecified atom stereocenters. The number of likely N-dealkylation sites (tertiary alicyclic amines) is 1. The van der Waals surface area contributed by atoms with E-state index in [-0.39, 0.29) is 30.7 Å². The average molecular weight is 318 g/mol. The fraction of sp³-hybridized carbons (Fsp3) is 0.571. The number of aryl methyl sites for hydroxylation is 1. The highest BCUT2D eigenvalue weighted by molar-refractivity contribution is 5.95. The van der Waals surface area contributed by atoms with Crippen molar-refractivity contribution >= 4 is 30.7 Å². The van der Waals surface area contributed by atoms with E-state index in [4.69, 9.17) is 0 Å². The SMILES string of the molecule is Cc1ncccc1C(=O)N1CCC2NCCC2C1.Cl.Cl. The van der Waals surface area contributed by atoms with E-state index in [2.05, 4.69) is 10.3 Å². The normalized spacial score (nSPS) is 24.4. The second kappa shape index (κ2) is 7.25. The van der Waals surface area contributed by atoms with E-state index in [0.29, 0.717) is 12.0 Å². The monoisotopic (exact) mass is 317 g/mol. The molecule has 1 amide bonds. The molecule has 0 saturated carbocycles. The maximum atomic E-state index is 12.5. The van der Waals surface area contributed by atoms with Crippen LogP contribution in [0.15, 0.2) is 18.3 Å². The summed E-state index contributed by atoms with van der Waals surface area (Å²) in [6, 6.07) is 4.34. The van der Waals surface area contributed by atoms with E-state index < -0.39 is 0 Å². The summed E-state index contributed by atoms with van der Waals surface area (Å²) in [7, 11) is 0. The Labute approximate surface area is 132 Å². The Bertz CT molecular complexity index is 469. The topological polar surface area (TPSA) is 45.2 Å². The third-order valence-electron chi connectivity index (χ3n) is 4.18. The molecule has 0 bridgehead atoms. The van der Waals surface area contributed by atoms with Gasteiger partial charge in [-0.15, -0.1) is 24.8 Å². The van der Waals surface area contributed by atoms with Gasteiger partial charge in [-0.3, -0.25) is 9.78 Å². The van der Waals surface area contributed by atoms with Crippen LogP contribution in [0.5, 0.6) is 0 Å². The van der Waals surface area contributed by atoms with Gasteiger partial charge in [0, 0.05) is 31.0 Å². The first-order valence-corrected chi connectivity index (χ1v) is 6.70. The molecule has 0 spiro atoms. The van der Waals surface area contributed by atoms with Crippen molar-refractivity contribution in [3.8, 4) is 0 Å². The van der Waals surface area contributed by atoms with Crippen molar-refractivity contribution in [3.05, 3.63) is 29.6 Å². The third kappa shape index (κ3) is 3.25.